The van der Waals surface area contributed by atoms with Gasteiger partial charge in [-0.05, 0) is 32.0 Å². The zero-order valence-corrected chi connectivity index (χ0v) is 14.0. The highest BCUT2D eigenvalue weighted by atomic mass is 16.5. The lowest BCUT2D eigenvalue weighted by molar-refractivity contribution is 0.0349. The van der Waals surface area contributed by atoms with Gasteiger partial charge in [0.15, 0.2) is 17.2 Å². The van der Waals surface area contributed by atoms with Crippen LogP contribution in [-0.4, -0.2) is 18.9 Å². The third kappa shape index (κ3) is 2.12. The van der Waals surface area contributed by atoms with Crippen molar-refractivity contribution in [2.24, 2.45) is 0 Å². The van der Waals surface area contributed by atoms with E-state index in [1.54, 1.807) is 12.0 Å². The number of aryl methyl sites for hydroxylation is 1. The molecule has 5 nitrogen and oxygen atoms in total. The van der Waals surface area contributed by atoms with Gasteiger partial charge in [0.05, 0.1) is 13.2 Å². The van der Waals surface area contributed by atoms with E-state index in [0.29, 0.717) is 17.9 Å². The van der Waals surface area contributed by atoms with Gasteiger partial charge in [0.25, 0.3) is 0 Å². The second kappa shape index (κ2) is 5.16. The van der Waals surface area contributed by atoms with E-state index >= 15 is 0 Å². The van der Waals surface area contributed by atoms with Crippen LogP contribution in [0.15, 0.2) is 42.5 Å². The Hall–Kier alpha value is -2.69. The van der Waals surface area contributed by atoms with Crippen molar-refractivity contribution in [3.05, 3.63) is 53.6 Å². The molecule has 2 heterocycles. The van der Waals surface area contributed by atoms with Gasteiger partial charge in [0, 0.05) is 17.7 Å². The van der Waals surface area contributed by atoms with Crippen LogP contribution in [0.3, 0.4) is 0 Å². The molecule has 124 valence electrons. The first-order valence-electron chi connectivity index (χ1n) is 8.05. The molecule has 2 bridgehead atoms. The van der Waals surface area contributed by atoms with E-state index in [0.717, 1.165) is 16.8 Å². The van der Waals surface area contributed by atoms with Gasteiger partial charge in [-0.25, -0.2) is 4.79 Å². The monoisotopic (exact) mass is 324 g/mol. The summed E-state index contributed by atoms with van der Waals surface area (Å²) in [6.07, 6.45) is 0.673. The molecule has 4 rings (SSSR count). The molecule has 0 spiro atoms. The van der Waals surface area contributed by atoms with E-state index in [9.17, 15) is 4.79 Å². The molecule has 1 unspecified atom stereocenters. The van der Waals surface area contributed by atoms with Crippen LogP contribution in [-0.2, 0) is 0 Å². The van der Waals surface area contributed by atoms with Crippen LogP contribution in [0.5, 0.6) is 11.5 Å². The molecule has 2 aromatic rings. The van der Waals surface area contributed by atoms with Crippen LogP contribution >= 0.6 is 0 Å². The molecule has 1 saturated heterocycles. The highest BCUT2D eigenvalue weighted by molar-refractivity contribution is 5.95. The van der Waals surface area contributed by atoms with Crippen LogP contribution in [0, 0.1) is 6.92 Å². The van der Waals surface area contributed by atoms with Crippen LogP contribution in [0.2, 0.25) is 0 Å². The van der Waals surface area contributed by atoms with Crippen molar-refractivity contribution in [3.63, 3.8) is 0 Å². The summed E-state index contributed by atoms with van der Waals surface area (Å²) >= 11 is 0. The summed E-state index contributed by atoms with van der Waals surface area (Å²) in [6, 6.07) is 13.4. The number of fused-ring (bicyclic) bond motifs is 4. The maximum atomic E-state index is 12.8. The number of urea groups is 1. The summed E-state index contributed by atoms with van der Waals surface area (Å²) < 4.78 is 11.8. The number of para-hydroxylation sites is 1. The van der Waals surface area contributed by atoms with Gasteiger partial charge in [0.2, 0.25) is 0 Å². The summed E-state index contributed by atoms with van der Waals surface area (Å²) in [4.78, 5) is 14.5. The van der Waals surface area contributed by atoms with E-state index in [-0.39, 0.29) is 12.1 Å². The van der Waals surface area contributed by atoms with Crippen molar-refractivity contribution < 1.29 is 14.3 Å². The molecule has 2 amide bonds. The molecular weight excluding hydrogens is 304 g/mol. The van der Waals surface area contributed by atoms with Gasteiger partial charge >= 0.3 is 6.03 Å². The Balaban J connectivity index is 1.81. The summed E-state index contributed by atoms with van der Waals surface area (Å²) in [5.74, 6) is 1.39. The lowest BCUT2D eigenvalue weighted by Crippen LogP contribution is -2.65. The Labute approximate surface area is 141 Å². The predicted octanol–water partition coefficient (Wildman–Crippen LogP) is 3.77. The Morgan fingerprint density at radius 1 is 1.25 bits per heavy atom. The summed E-state index contributed by atoms with van der Waals surface area (Å²) in [6.45, 7) is 3.98. The summed E-state index contributed by atoms with van der Waals surface area (Å²) in [5, 5.41) is 3.10. The van der Waals surface area contributed by atoms with Gasteiger partial charge < -0.3 is 14.8 Å². The average Bonchev–Trinajstić information content (AvgIpc) is 2.55. The van der Waals surface area contributed by atoms with Crippen molar-refractivity contribution >= 4 is 11.7 Å². The molecule has 0 aliphatic carbocycles. The van der Waals surface area contributed by atoms with Crippen molar-refractivity contribution in [1.29, 1.82) is 0 Å². The number of nitrogens with zero attached hydrogens (tertiary/aromatic N) is 1. The molecule has 24 heavy (non-hydrogen) atoms. The zero-order chi connectivity index (χ0) is 16.9. The van der Waals surface area contributed by atoms with Gasteiger partial charge in [0.1, 0.15) is 0 Å². The van der Waals surface area contributed by atoms with E-state index < -0.39 is 5.72 Å². The number of nitrogens with one attached hydrogen (secondary N) is 1. The maximum Gasteiger partial charge on any atom is 0.325 e. The summed E-state index contributed by atoms with van der Waals surface area (Å²) in [5.41, 5.74) is 2.17. The molecular formula is C19H20N2O3. The first-order chi connectivity index (χ1) is 11.5. The average molecular weight is 324 g/mol. The molecule has 1 N–H and O–H groups in total. The molecule has 1 fully saturated rings. The highest BCUT2D eigenvalue weighted by Gasteiger charge is 2.50. The number of anilines is 1. The van der Waals surface area contributed by atoms with Crippen LogP contribution in [0.25, 0.3) is 0 Å². The predicted molar refractivity (Wildman–Crippen MR) is 91.6 cm³/mol. The minimum Gasteiger partial charge on any atom is -0.493 e. The number of benzene rings is 2. The Kier molecular flexibility index (Phi) is 3.20. The van der Waals surface area contributed by atoms with Gasteiger partial charge in [-0.1, -0.05) is 29.8 Å². The van der Waals surface area contributed by atoms with Crippen LogP contribution in [0.4, 0.5) is 10.5 Å². The van der Waals surface area contributed by atoms with Crippen molar-refractivity contribution in [1.82, 2.24) is 5.32 Å². The minimum atomic E-state index is -0.760. The molecule has 0 saturated carbocycles. The fourth-order valence-corrected chi connectivity index (χ4v) is 3.61. The van der Waals surface area contributed by atoms with E-state index in [4.69, 9.17) is 9.47 Å². The van der Waals surface area contributed by atoms with Crippen molar-refractivity contribution in [2.75, 3.05) is 12.0 Å². The Morgan fingerprint density at radius 3 is 2.71 bits per heavy atom. The zero-order valence-electron chi connectivity index (χ0n) is 14.0. The normalized spacial score (nSPS) is 24.7. The lowest BCUT2D eigenvalue weighted by Gasteiger charge is -2.50. The number of methoxy groups -OCH3 is 1. The molecule has 2 aliphatic rings. The van der Waals surface area contributed by atoms with E-state index in [1.165, 1.54) is 0 Å². The van der Waals surface area contributed by atoms with Crippen molar-refractivity contribution in [2.45, 2.75) is 32.0 Å². The number of hydrogen-bond acceptors (Lipinski definition) is 3. The maximum absolute atomic E-state index is 12.8. The first-order valence-corrected chi connectivity index (χ1v) is 8.05. The topological polar surface area (TPSA) is 50.8 Å². The number of hydrogen-bond donors (Lipinski definition) is 1. The smallest absolute Gasteiger partial charge is 0.325 e. The number of carbonyl (C=O) groups excluding carboxylic acids is 1. The fraction of sp³-hybridized carbons (Fsp3) is 0.316. The molecule has 2 atom stereocenters. The van der Waals surface area contributed by atoms with Crippen molar-refractivity contribution in [3.8, 4) is 11.5 Å². The molecule has 2 aromatic carbocycles. The first kappa shape index (κ1) is 14.9. The second-order valence-electron chi connectivity index (χ2n) is 6.53. The highest BCUT2D eigenvalue weighted by Crippen LogP contribution is 2.48. The number of ether oxygens (including phenoxy) is 2. The summed E-state index contributed by atoms with van der Waals surface area (Å²) in [7, 11) is 1.63. The third-order valence-electron chi connectivity index (χ3n) is 4.78. The lowest BCUT2D eigenvalue weighted by atomic mass is 9.90. The van der Waals surface area contributed by atoms with E-state index in [2.05, 4.69) is 5.32 Å². The molecule has 0 aromatic heterocycles. The standard InChI is InChI=1S/C19H20N2O3/c1-12-7-9-13(10-8-12)21-18(22)20-15-11-19(21,2)24-17-14(15)5-4-6-16(17)23-3/h4-10,15H,11H2,1-3H3,(H,20,22)/t15?,19-/m1/s1. The minimum absolute atomic E-state index is 0.0805. The van der Waals surface area contributed by atoms with E-state index in [1.807, 2.05) is 56.3 Å². The number of rotatable bonds is 2. The van der Waals surface area contributed by atoms with Crippen LogP contribution < -0.4 is 19.7 Å². The fourth-order valence-electron chi connectivity index (χ4n) is 3.61. The molecule has 0 radical (unpaired) electrons. The molecule has 5 heteroatoms. The Morgan fingerprint density at radius 2 is 2.00 bits per heavy atom. The second-order valence-corrected chi connectivity index (χ2v) is 6.53. The number of amides is 2. The molecule has 2 aliphatic heterocycles. The van der Waals surface area contributed by atoms with Gasteiger partial charge in [-0.15, -0.1) is 0 Å². The third-order valence-corrected chi connectivity index (χ3v) is 4.78. The Bertz CT molecular complexity index is 803. The quantitative estimate of drug-likeness (QED) is 0.915. The number of carbonyl (C=O) groups is 1. The largest absolute Gasteiger partial charge is 0.493 e. The van der Waals surface area contributed by atoms with Gasteiger partial charge in [-0.2, -0.15) is 0 Å². The van der Waals surface area contributed by atoms with Crippen LogP contribution in [0.1, 0.15) is 30.5 Å². The SMILES string of the molecule is COc1cccc2c1O[C@]1(C)CC2NC(=O)N1c1ccc(C)cc1. The van der Waals surface area contributed by atoms with Gasteiger partial charge in [-0.3, -0.25) is 4.90 Å².